The molecule has 0 radical (unpaired) electrons. The van der Waals surface area contributed by atoms with E-state index >= 15 is 0 Å². The third kappa shape index (κ3) is 3.30. The second kappa shape index (κ2) is 6.31. The van der Waals surface area contributed by atoms with Crippen molar-refractivity contribution in [2.45, 2.75) is 33.4 Å². The minimum Gasteiger partial charge on any atom is -0.467 e. The number of methoxy groups -OCH3 is 2. The summed E-state index contributed by atoms with van der Waals surface area (Å²) in [6.07, 6.45) is 2.77. The number of aromatic nitrogens is 5. The Labute approximate surface area is 134 Å². The van der Waals surface area contributed by atoms with Gasteiger partial charge in [-0.25, -0.2) is 9.97 Å². The number of ether oxygens (including phenoxy) is 2. The van der Waals surface area contributed by atoms with Gasteiger partial charge in [-0.1, -0.05) is 13.8 Å². The highest BCUT2D eigenvalue weighted by Crippen LogP contribution is 2.26. The fourth-order valence-electron chi connectivity index (χ4n) is 2.45. The van der Waals surface area contributed by atoms with Crippen molar-refractivity contribution in [1.29, 1.82) is 0 Å². The van der Waals surface area contributed by atoms with Crippen LogP contribution < -0.4 is 14.4 Å². The molecule has 2 aromatic rings. The van der Waals surface area contributed by atoms with Gasteiger partial charge in [-0.05, 0) is 5.92 Å². The molecule has 0 unspecified atom stereocenters. The average molecular weight is 316 g/mol. The van der Waals surface area contributed by atoms with Crippen molar-refractivity contribution in [2.75, 3.05) is 19.1 Å². The second-order valence-corrected chi connectivity index (χ2v) is 5.82. The zero-order valence-electron chi connectivity index (χ0n) is 13.8. The van der Waals surface area contributed by atoms with Crippen LogP contribution in [0.4, 0.5) is 5.95 Å². The predicted octanol–water partition coefficient (Wildman–Crippen LogP) is 1.40. The van der Waals surface area contributed by atoms with Crippen LogP contribution in [0.5, 0.6) is 12.0 Å². The van der Waals surface area contributed by atoms with Crippen LogP contribution in [0.25, 0.3) is 0 Å². The number of anilines is 1. The van der Waals surface area contributed by atoms with Gasteiger partial charge in [0.2, 0.25) is 5.95 Å². The first kappa shape index (κ1) is 15.4. The Balaban J connectivity index is 1.84. The number of fused-ring (bicyclic) bond motifs is 1. The highest BCUT2D eigenvalue weighted by Gasteiger charge is 2.25. The molecule has 0 spiro atoms. The molecule has 1 aliphatic heterocycles. The molecule has 0 amide bonds. The molecule has 3 rings (SSSR count). The van der Waals surface area contributed by atoms with E-state index in [4.69, 9.17) is 9.47 Å². The Morgan fingerprint density at radius 1 is 1.04 bits per heavy atom. The molecule has 8 heteroatoms. The molecular weight excluding hydrogens is 296 g/mol. The summed E-state index contributed by atoms with van der Waals surface area (Å²) < 4.78 is 10.2. The maximum Gasteiger partial charge on any atom is 0.324 e. The lowest BCUT2D eigenvalue weighted by Gasteiger charge is -2.15. The first-order valence-corrected chi connectivity index (χ1v) is 7.51. The van der Waals surface area contributed by atoms with Crippen LogP contribution >= 0.6 is 0 Å². The van der Waals surface area contributed by atoms with Crippen molar-refractivity contribution in [3.05, 3.63) is 23.3 Å². The van der Waals surface area contributed by atoms with Crippen molar-refractivity contribution in [1.82, 2.24) is 24.9 Å². The Hall–Kier alpha value is -2.51. The zero-order valence-corrected chi connectivity index (χ0v) is 13.8. The third-order valence-electron chi connectivity index (χ3n) is 3.53. The fourth-order valence-corrected chi connectivity index (χ4v) is 2.45. The molecule has 23 heavy (non-hydrogen) atoms. The molecule has 0 saturated carbocycles. The van der Waals surface area contributed by atoms with Crippen LogP contribution in [0.3, 0.4) is 0 Å². The van der Waals surface area contributed by atoms with Crippen molar-refractivity contribution in [3.8, 4) is 12.0 Å². The van der Waals surface area contributed by atoms with E-state index in [1.165, 1.54) is 14.2 Å². The van der Waals surface area contributed by atoms with E-state index in [1.807, 2.05) is 11.1 Å². The van der Waals surface area contributed by atoms with Crippen molar-refractivity contribution >= 4 is 5.95 Å². The molecule has 0 aliphatic carbocycles. The van der Waals surface area contributed by atoms with E-state index in [0.717, 1.165) is 23.5 Å². The normalized spacial score (nSPS) is 13.3. The zero-order chi connectivity index (χ0) is 16.4. The molecule has 0 bridgehead atoms. The van der Waals surface area contributed by atoms with E-state index in [-0.39, 0.29) is 12.0 Å². The molecule has 0 fully saturated rings. The van der Waals surface area contributed by atoms with Gasteiger partial charge in [-0.2, -0.15) is 9.97 Å². The maximum absolute atomic E-state index is 5.10. The lowest BCUT2D eigenvalue weighted by Crippen LogP contribution is -2.19. The molecule has 2 aromatic heterocycles. The van der Waals surface area contributed by atoms with Crippen LogP contribution in [0.2, 0.25) is 0 Å². The van der Waals surface area contributed by atoms with Crippen LogP contribution in [-0.4, -0.2) is 39.1 Å². The smallest absolute Gasteiger partial charge is 0.324 e. The van der Waals surface area contributed by atoms with Crippen LogP contribution in [-0.2, 0) is 19.5 Å². The first-order valence-electron chi connectivity index (χ1n) is 7.51. The maximum atomic E-state index is 5.10. The van der Waals surface area contributed by atoms with Crippen LogP contribution in [0, 0.1) is 5.92 Å². The molecule has 0 atom stereocenters. The van der Waals surface area contributed by atoms with Gasteiger partial charge in [0.15, 0.2) is 0 Å². The summed E-state index contributed by atoms with van der Waals surface area (Å²) in [5.41, 5.74) is 2.12. The molecule has 0 saturated heterocycles. The minimum absolute atomic E-state index is 0.231. The lowest BCUT2D eigenvalue weighted by molar-refractivity contribution is 0.340. The molecule has 1 aliphatic rings. The van der Waals surface area contributed by atoms with Gasteiger partial charge < -0.3 is 14.4 Å². The van der Waals surface area contributed by atoms with Gasteiger partial charge in [-0.3, -0.25) is 0 Å². The average Bonchev–Trinajstić information content (AvgIpc) is 2.97. The summed E-state index contributed by atoms with van der Waals surface area (Å²) in [5, 5.41) is 0. The van der Waals surface area contributed by atoms with Gasteiger partial charge in [-0.15, -0.1) is 4.98 Å². The summed E-state index contributed by atoms with van der Waals surface area (Å²) >= 11 is 0. The minimum atomic E-state index is 0.231. The SMILES string of the molecule is COc1nc(OC)nc(N2Cc3cnc(CC(C)C)nc3C2)n1. The van der Waals surface area contributed by atoms with Crippen molar-refractivity contribution in [2.24, 2.45) is 5.92 Å². The lowest BCUT2D eigenvalue weighted by atomic mass is 10.1. The predicted molar refractivity (Wildman–Crippen MR) is 83.4 cm³/mol. The van der Waals surface area contributed by atoms with Gasteiger partial charge in [0, 0.05) is 24.7 Å². The molecule has 8 nitrogen and oxygen atoms in total. The Morgan fingerprint density at radius 3 is 2.35 bits per heavy atom. The van der Waals surface area contributed by atoms with Gasteiger partial charge in [0.05, 0.1) is 26.5 Å². The third-order valence-corrected chi connectivity index (χ3v) is 3.53. The standard InChI is InChI=1S/C15H20N6O2/c1-9(2)5-12-16-6-10-7-21(8-11(10)17-12)13-18-14(22-3)20-15(19-13)23-4/h6,9H,5,7-8H2,1-4H3. The largest absolute Gasteiger partial charge is 0.467 e. The summed E-state index contributed by atoms with van der Waals surface area (Å²) in [6.45, 7) is 5.62. The number of rotatable bonds is 5. The van der Waals surface area contributed by atoms with E-state index in [0.29, 0.717) is 25.0 Å². The van der Waals surface area contributed by atoms with Crippen molar-refractivity contribution < 1.29 is 9.47 Å². The van der Waals surface area contributed by atoms with Gasteiger partial charge in [0.1, 0.15) is 5.82 Å². The monoisotopic (exact) mass is 316 g/mol. The number of hydrogen-bond acceptors (Lipinski definition) is 8. The molecule has 122 valence electrons. The molecule has 3 heterocycles. The molecular formula is C15H20N6O2. The van der Waals surface area contributed by atoms with Gasteiger partial charge in [0.25, 0.3) is 0 Å². The topological polar surface area (TPSA) is 86.2 Å². The van der Waals surface area contributed by atoms with E-state index in [9.17, 15) is 0 Å². The van der Waals surface area contributed by atoms with Crippen molar-refractivity contribution in [3.63, 3.8) is 0 Å². The molecule has 0 N–H and O–H groups in total. The van der Waals surface area contributed by atoms with Crippen LogP contribution in [0.1, 0.15) is 30.9 Å². The Kier molecular flexibility index (Phi) is 4.22. The first-order chi connectivity index (χ1) is 11.1. The highest BCUT2D eigenvalue weighted by molar-refractivity contribution is 5.40. The number of nitrogens with zero attached hydrogens (tertiary/aromatic N) is 6. The summed E-state index contributed by atoms with van der Waals surface area (Å²) in [7, 11) is 3.03. The quantitative estimate of drug-likeness (QED) is 0.818. The van der Waals surface area contributed by atoms with E-state index in [1.54, 1.807) is 0 Å². The second-order valence-electron chi connectivity index (χ2n) is 5.82. The number of hydrogen-bond donors (Lipinski definition) is 0. The summed E-state index contributed by atoms with van der Waals surface area (Å²) in [4.78, 5) is 23.7. The van der Waals surface area contributed by atoms with Crippen LogP contribution in [0.15, 0.2) is 6.20 Å². The Morgan fingerprint density at radius 2 is 1.74 bits per heavy atom. The Bertz CT molecular complexity index is 684. The fraction of sp³-hybridized carbons (Fsp3) is 0.533. The summed E-state index contributed by atoms with van der Waals surface area (Å²) in [5.74, 6) is 1.92. The highest BCUT2D eigenvalue weighted by atomic mass is 16.5. The van der Waals surface area contributed by atoms with Gasteiger partial charge >= 0.3 is 12.0 Å². The van der Waals surface area contributed by atoms with E-state index < -0.39 is 0 Å². The summed E-state index contributed by atoms with van der Waals surface area (Å²) in [6, 6.07) is 0.462. The van der Waals surface area contributed by atoms with E-state index in [2.05, 4.69) is 38.8 Å². The molecule has 0 aromatic carbocycles.